The van der Waals surface area contributed by atoms with E-state index in [1.807, 2.05) is 36.4 Å². The van der Waals surface area contributed by atoms with E-state index in [9.17, 15) is 20.1 Å². The molecule has 1 heterocycles. The standard InChI is InChI=1S/C31H35NO5/c1-20-3-2-12-32(19-20)13-14-37-26-10-4-21(5-11-26)15-24-18-29(35)31(36)30-27(24)16-23(17-28(30)34)22-6-8-25(33)9-7-22/h4-11,18,20,23,33,35-36H,2-3,12-17,19H2,1H3. The molecule has 2 unspecified atom stereocenters. The minimum absolute atomic E-state index is 0.0537. The van der Waals surface area contributed by atoms with Crippen molar-refractivity contribution in [2.45, 2.75) is 44.9 Å². The molecule has 0 radical (unpaired) electrons. The maximum Gasteiger partial charge on any atom is 0.168 e. The van der Waals surface area contributed by atoms with E-state index in [1.165, 1.54) is 12.8 Å². The van der Waals surface area contributed by atoms with Gasteiger partial charge in [-0.1, -0.05) is 31.2 Å². The molecule has 0 saturated carbocycles. The number of piperidine rings is 1. The normalized spacial score (nSPS) is 20.0. The molecule has 0 amide bonds. The lowest BCUT2D eigenvalue weighted by Gasteiger charge is -2.30. The first-order chi connectivity index (χ1) is 17.9. The second-order valence-electron chi connectivity index (χ2n) is 10.6. The Morgan fingerprint density at radius 3 is 2.49 bits per heavy atom. The fourth-order valence-electron chi connectivity index (χ4n) is 5.78. The highest BCUT2D eigenvalue weighted by Crippen LogP contribution is 2.43. The summed E-state index contributed by atoms with van der Waals surface area (Å²) < 4.78 is 5.98. The lowest BCUT2D eigenvalue weighted by molar-refractivity contribution is 0.0960. The van der Waals surface area contributed by atoms with Crippen molar-refractivity contribution < 1.29 is 24.9 Å². The summed E-state index contributed by atoms with van der Waals surface area (Å²) >= 11 is 0. The van der Waals surface area contributed by atoms with E-state index < -0.39 is 0 Å². The summed E-state index contributed by atoms with van der Waals surface area (Å²) in [6, 6.07) is 16.4. The second kappa shape index (κ2) is 10.9. The van der Waals surface area contributed by atoms with Crippen molar-refractivity contribution >= 4 is 5.78 Å². The van der Waals surface area contributed by atoms with E-state index in [4.69, 9.17) is 4.74 Å². The summed E-state index contributed by atoms with van der Waals surface area (Å²) in [5, 5.41) is 30.5. The molecule has 6 nitrogen and oxygen atoms in total. The highest BCUT2D eigenvalue weighted by atomic mass is 16.5. The summed E-state index contributed by atoms with van der Waals surface area (Å²) in [4.78, 5) is 15.5. The molecule has 3 aromatic carbocycles. The van der Waals surface area contributed by atoms with Crippen LogP contribution < -0.4 is 4.74 Å². The Labute approximate surface area is 218 Å². The monoisotopic (exact) mass is 501 g/mol. The number of hydrogen-bond acceptors (Lipinski definition) is 6. The van der Waals surface area contributed by atoms with Gasteiger partial charge in [0.25, 0.3) is 0 Å². The number of carbonyl (C=O) groups is 1. The molecule has 1 aliphatic carbocycles. The van der Waals surface area contributed by atoms with Crippen LogP contribution in [0.3, 0.4) is 0 Å². The number of rotatable bonds is 7. The van der Waals surface area contributed by atoms with Crippen LogP contribution in [0.15, 0.2) is 54.6 Å². The van der Waals surface area contributed by atoms with Gasteiger partial charge in [0.1, 0.15) is 18.1 Å². The second-order valence-corrected chi connectivity index (χ2v) is 10.6. The fraction of sp³-hybridized carbons (Fsp3) is 0.387. The molecule has 3 aromatic rings. The largest absolute Gasteiger partial charge is 0.508 e. The van der Waals surface area contributed by atoms with Crippen LogP contribution in [-0.2, 0) is 12.8 Å². The van der Waals surface area contributed by atoms with Crippen LogP contribution in [0.2, 0.25) is 0 Å². The molecule has 37 heavy (non-hydrogen) atoms. The molecule has 0 spiro atoms. The van der Waals surface area contributed by atoms with Crippen LogP contribution in [-0.4, -0.2) is 52.2 Å². The maximum absolute atomic E-state index is 13.1. The first-order valence-corrected chi connectivity index (χ1v) is 13.2. The van der Waals surface area contributed by atoms with Crippen LogP contribution in [0.1, 0.15) is 64.7 Å². The average molecular weight is 502 g/mol. The quantitative estimate of drug-likeness (QED) is 0.375. The molecule has 194 valence electrons. The highest BCUT2D eigenvalue weighted by Gasteiger charge is 2.32. The lowest BCUT2D eigenvalue weighted by atomic mass is 9.76. The minimum Gasteiger partial charge on any atom is -0.508 e. The van der Waals surface area contributed by atoms with Gasteiger partial charge < -0.3 is 20.1 Å². The van der Waals surface area contributed by atoms with Gasteiger partial charge in [0.15, 0.2) is 17.3 Å². The third-order valence-corrected chi connectivity index (χ3v) is 7.74. The Hall–Kier alpha value is -3.51. The Morgan fingerprint density at radius 2 is 1.76 bits per heavy atom. The number of carbonyl (C=O) groups excluding carboxylic acids is 1. The summed E-state index contributed by atoms with van der Waals surface area (Å²) in [6.45, 7) is 6.18. The van der Waals surface area contributed by atoms with Gasteiger partial charge in [-0.25, -0.2) is 0 Å². The van der Waals surface area contributed by atoms with Crippen molar-refractivity contribution in [1.82, 2.24) is 4.90 Å². The number of ether oxygens (including phenoxy) is 1. The molecular formula is C31H35NO5. The average Bonchev–Trinajstić information content (AvgIpc) is 2.88. The van der Waals surface area contributed by atoms with Gasteiger partial charge in [0.05, 0.1) is 5.56 Å². The topological polar surface area (TPSA) is 90.2 Å². The van der Waals surface area contributed by atoms with Crippen molar-refractivity contribution in [3.63, 3.8) is 0 Å². The van der Waals surface area contributed by atoms with Crippen LogP contribution >= 0.6 is 0 Å². The van der Waals surface area contributed by atoms with E-state index in [0.717, 1.165) is 53.6 Å². The number of phenols is 3. The fourth-order valence-corrected chi connectivity index (χ4v) is 5.78. The number of hydrogen-bond donors (Lipinski definition) is 3. The number of ketones is 1. The number of likely N-dealkylation sites (tertiary alicyclic amines) is 1. The summed E-state index contributed by atoms with van der Waals surface area (Å²) in [6.07, 6.45) is 3.92. The van der Waals surface area contributed by atoms with Crippen LogP contribution in [0, 0.1) is 5.92 Å². The SMILES string of the molecule is CC1CCCN(CCOc2ccc(Cc3cc(O)c(O)c4c3CC(c3ccc(O)cc3)CC4=O)cc2)C1. The third kappa shape index (κ3) is 5.75. The summed E-state index contributed by atoms with van der Waals surface area (Å²) in [7, 11) is 0. The molecular weight excluding hydrogens is 466 g/mol. The lowest BCUT2D eigenvalue weighted by Crippen LogP contribution is -2.37. The van der Waals surface area contributed by atoms with Gasteiger partial charge in [0.2, 0.25) is 0 Å². The number of Topliss-reactive ketones (excluding diaryl/α,β-unsaturated/α-hetero) is 1. The van der Waals surface area contributed by atoms with Crippen molar-refractivity contribution in [3.05, 3.63) is 82.4 Å². The van der Waals surface area contributed by atoms with Crippen LogP contribution in [0.5, 0.6) is 23.0 Å². The van der Waals surface area contributed by atoms with Gasteiger partial charge in [-0.15, -0.1) is 0 Å². The Morgan fingerprint density at radius 1 is 1.00 bits per heavy atom. The van der Waals surface area contributed by atoms with Crippen molar-refractivity contribution in [3.8, 4) is 23.0 Å². The van der Waals surface area contributed by atoms with E-state index in [0.29, 0.717) is 19.4 Å². The number of phenolic OH excluding ortho intramolecular Hbond substituents is 3. The predicted octanol–water partition coefficient (Wildman–Crippen LogP) is 5.42. The van der Waals surface area contributed by atoms with Crippen LogP contribution in [0.4, 0.5) is 0 Å². The Kier molecular flexibility index (Phi) is 7.38. The van der Waals surface area contributed by atoms with Crippen molar-refractivity contribution in [2.75, 3.05) is 26.2 Å². The van der Waals surface area contributed by atoms with Gasteiger partial charge in [0, 0.05) is 19.5 Å². The predicted molar refractivity (Wildman–Crippen MR) is 143 cm³/mol. The highest BCUT2D eigenvalue weighted by molar-refractivity contribution is 6.02. The minimum atomic E-state index is -0.334. The van der Waals surface area contributed by atoms with Gasteiger partial charge in [-0.2, -0.15) is 0 Å². The third-order valence-electron chi connectivity index (χ3n) is 7.74. The summed E-state index contributed by atoms with van der Waals surface area (Å²) in [5.41, 5.74) is 3.84. The number of aromatic hydroxyl groups is 3. The zero-order valence-corrected chi connectivity index (χ0v) is 21.3. The molecule has 0 bridgehead atoms. The molecule has 1 fully saturated rings. The zero-order valence-electron chi connectivity index (χ0n) is 21.3. The van der Waals surface area contributed by atoms with Gasteiger partial charge in [-0.05, 0) is 96.6 Å². The molecule has 1 aliphatic heterocycles. The van der Waals surface area contributed by atoms with E-state index in [2.05, 4.69) is 11.8 Å². The van der Waals surface area contributed by atoms with Gasteiger partial charge in [-0.3, -0.25) is 9.69 Å². The van der Waals surface area contributed by atoms with Crippen molar-refractivity contribution in [1.29, 1.82) is 0 Å². The zero-order chi connectivity index (χ0) is 25.9. The molecule has 0 aromatic heterocycles. The molecule has 5 rings (SSSR count). The van der Waals surface area contributed by atoms with Crippen LogP contribution in [0.25, 0.3) is 0 Å². The molecule has 2 aliphatic rings. The number of fused-ring (bicyclic) bond motifs is 1. The van der Waals surface area contributed by atoms with E-state index >= 15 is 0 Å². The van der Waals surface area contributed by atoms with E-state index in [-0.39, 0.29) is 40.9 Å². The number of nitrogens with zero attached hydrogens (tertiary/aromatic N) is 1. The molecule has 6 heteroatoms. The first kappa shape index (κ1) is 25.2. The Bertz CT molecular complexity index is 1250. The van der Waals surface area contributed by atoms with Gasteiger partial charge >= 0.3 is 0 Å². The summed E-state index contributed by atoms with van der Waals surface area (Å²) in [5.74, 6) is 0.930. The maximum atomic E-state index is 13.1. The smallest absolute Gasteiger partial charge is 0.168 e. The number of benzene rings is 3. The molecule has 2 atom stereocenters. The van der Waals surface area contributed by atoms with Crippen molar-refractivity contribution in [2.24, 2.45) is 5.92 Å². The van der Waals surface area contributed by atoms with E-state index in [1.54, 1.807) is 18.2 Å². The molecule has 1 saturated heterocycles. The Balaban J connectivity index is 1.29. The first-order valence-electron chi connectivity index (χ1n) is 13.2. The molecule has 3 N–H and O–H groups in total.